The lowest BCUT2D eigenvalue weighted by molar-refractivity contribution is 0.601. The molecule has 0 saturated heterocycles. The van der Waals surface area contributed by atoms with Gasteiger partial charge in [-0.3, -0.25) is 4.72 Å². The van der Waals surface area contributed by atoms with Gasteiger partial charge in [-0.25, -0.2) is 8.42 Å². The van der Waals surface area contributed by atoms with Crippen LogP contribution in [-0.4, -0.2) is 29.8 Å². The molecule has 2 N–H and O–H groups in total. The number of hydrogen-bond acceptors (Lipinski definition) is 7. The van der Waals surface area contributed by atoms with E-state index in [2.05, 4.69) is 31.8 Å². The lowest BCUT2D eigenvalue weighted by Crippen LogP contribution is -2.12. The normalized spacial score (nSPS) is 11.2. The van der Waals surface area contributed by atoms with Crippen LogP contribution in [0.4, 0.5) is 10.8 Å². The molecular weight excluding hydrogens is 286 g/mol. The van der Waals surface area contributed by atoms with Gasteiger partial charge < -0.3 is 5.32 Å². The first kappa shape index (κ1) is 13.7. The van der Waals surface area contributed by atoms with Crippen molar-refractivity contribution in [3.05, 3.63) is 24.3 Å². The molecule has 0 aliphatic heterocycles. The molecule has 19 heavy (non-hydrogen) atoms. The fourth-order valence-corrected chi connectivity index (χ4v) is 2.95. The Balaban J connectivity index is 2.12. The third kappa shape index (κ3) is 3.61. The second-order valence-electron chi connectivity index (χ2n) is 3.72. The van der Waals surface area contributed by atoms with Gasteiger partial charge in [0, 0.05) is 23.8 Å². The molecule has 0 atom stereocenters. The quantitative estimate of drug-likeness (QED) is 0.840. The highest BCUT2D eigenvalue weighted by atomic mass is 32.2. The second kappa shape index (κ2) is 5.93. The Morgan fingerprint density at radius 2 is 2.00 bits per heavy atom. The van der Waals surface area contributed by atoms with Crippen LogP contribution >= 0.6 is 11.5 Å². The minimum Gasteiger partial charge on any atom is -0.385 e. The summed E-state index contributed by atoms with van der Waals surface area (Å²) in [6, 6.07) is 6.52. The topological polar surface area (TPSA) is 96.9 Å². The van der Waals surface area contributed by atoms with Crippen LogP contribution < -0.4 is 10.0 Å². The van der Waals surface area contributed by atoms with E-state index < -0.39 is 10.0 Å². The van der Waals surface area contributed by atoms with Crippen LogP contribution in [0, 0.1) is 0 Å². The summed E-state index contributed by atoms with van der Waals surface area (Å²) in [6.07, 6.45) is 1.01. The molecule has 0 aliphatic rings. The molecule has 0 aliphatic carbocycles. The van der Waals surface area contributed by atoms with E-state index in [1.807, 2.05) is 0 Å². The van der Waals surface area contributed by atoms with Gasteiger partial charge in [-0.2, -0.15) is 0 Å². The number of hydrogen-bond donors (Lipinski definition) is 2. The predicted octanol–water partition coefficient (Wildman–Crippen LogP) is 1.56. The van der Waals surface area contributed by atoms with Gasteiger partial charge in [-0.1, -0.05) is 16.5 Å². The van der Waals surface area contributed by atoms with Crippen molar-refractivity contribution in [2.45, 2.75) is 18.2 Å². The first-order chi connectivity index (χ1) is 9.12. The van der Waals surface area contributed by atoms with Gasteiger partial charge in [0.1, 0.15) is 0 Å². The summed E-state index contributed by atoms with van der Waals surface area (Å²) in [4.78, 5) is 0.171. The number of nitrogens with one attached hydrogen (secondary N) is 2. The maximum absolute atomic E-state index is 12.0. The maximum atomic E-state index is 12.0. The zero-order chi connectivity index (χ0) is 13.7. The van der Waals surface area contributed by atoms with Crippen LogP contribution in [0.25, 0.3) is 0 Å². The SMILES string of the molecule is CCCNc1ccc(S(=O)(=O)Nc2nnns2)cc1. The fraction of sp³-hybridized carbons (Fsp3) is 0.300. The van der Waals surface area contributed by atoms with Crippen LogP contribution in [-0.2, 0) is 10.0 Å². The summed E-state index contributed by atoms with van der Waals surface area (Å²) in [5.41, 5.74) is 0.887. The van der Waals surface area contributed by atoms with Crippen molar-refractivity contribution in [3.8, 4) is 0 Å². The minimum atomic E-state index is -3.63. The van der Waals surface area contributed by atoms with Crippen LogP contribution in [0.15, 0.2) is 29.2 Å². The highest BCUT2D eigenvalue weighted by Crippen LogP contribution is 2.17. The number of aromatic nitrogens is 3. The number of sulfonamides is 1. The van der Waals surface area contributed by atoms with Crippen LogP contribution in [0.3, 0.4) is 0 Å². The zero-order valence-corrected chi connectivity index (χ0v) is 11.8. The maximum Gasteiger partial charge on any atom is 0.263 e. The van der Waals surface area contributed by atoms with Gasteiger partial charge in [0.2, 0.25) is 5.13 Å². The first-order valence-electron chi connectivity index (χ1n) is 5.63. The van der Waals surface area contributed by atoms with E-state index in [0.29, 0.717) is 0 Å². The van der Waals surface area contributed by atoms with Crippen LogP contribution in [0.2, 0.25) is 0 Å². The molecule has 7 nitrogen and oxygen atoms in total. The largest absolute Gasteiger partial charge is 0.385 e. The third-order valence-corrected chi connectivity index (χ3v) is 4.26. The van der Waals surface area contributed by atoms with Crippen molar-refractivity contribution in [3.63, 3.8) is 0 Å². The Bertz CT molecular complexity index is 610. The molecule has 0 radical (unpaired) electrons. The second-order valence-corrected chi connectivity index (χ2v) is 6.14. The van der Waals surface area contributed by atoms with Gasteiger partial charge in [0.05, 0.1) is 4.90 Å². The van der Waals surface area contributed by atoms with E-state index in [1.165, 1.54) is 12.1 Å². The van der Waals surface area contributed by atoms with Gasteiger partial charge in [0.25, 0.3) is 10.0 Å². The molecule has 0 bridgehead atoms. The summed E-state index contributed by atoms with van der Waals surface area (Å²) in [6.45, 7) is 2.91. The van der Waals surface area contributed by atoms with E-state index in [1.54, 1.807) is 12.1 Å². The molecule has 2 aromatic rings. The molecule has 0 spiro atoms. The number of nitrogens with zero attached hydrogens (tertiary/aromatic N) is 3. The molecule has 2 rings (SSSR count). The Kier molecular flexibility index (Phi) is 4.27. The summed E-state index contributed by atoms with van der Waals surface area (Å²) >= 11 is 0.884. The smallest absolute Gasteiger partial charge is 0.263 e. The highest BCUT2D eigenvalue weighted by molar-refractivity contribution is 7.93. The molecule has 9 heteroatoms. The molecule has 0 amide bonds. The van der Waals surface area contributed by atoms with Crippen molar-refractivity contribution in [2.75, 3.05) is 16.6 Å². The number of rotatable bonds is 6. The average Bonchev–Trinajstić information content (AvgIpc) is 2.89. The summed E-state index contributed by atoms with van der Waals surface area (Å²) in [7, 11) is -3.63. The van der Waals surface area contributed by atoms with E-state index >= 15 is 0 Å². The van der Waals surface area contributed by atoms with Crippen molar-refractivity contribution >= 4 is 32.4 Å². The summed E-state index contributed by atoms with van der Waals surface area (Å²) in [5.74, 6) is 0. The fourth-order valence-electron chi connectivity index (χ4n) is 1.37. The van der Waals surface area contributed by atoms with E-state index in [-0.39, 0.29) is 10.0 Å². The van der Waals surface area contributed by atoms with Crippen molar-refractivity contribution in [1.82, 2.24) is 14.8 Å². The van der Waals surface area contributed by atoms with Crippen LogP contribution in [0.5, 0.6) is 0 Å². The lowest BCUT2D eigenvalue weighted by atomic mass is 10.3. The van der Waals surface area contributed by atoms with Gasteiger partial charge in [-0.15, -0.1) is 0 Å². The van der Waals surface area contributed by atoms with Crippen molar-refractivity contribution in [1.29, 1.82) is 0 Å². The van der Waals surface area contributed by atoms with Crippen molar-refractivity contribution < 1.29 is 8.42 Å². The average molecular weight is 299 g/mol. The molecular formula is C10H13N5O2S2. The van der Waals surface area contributed by atoms with Crippen molar-refractivity contribution in [2.24, 2.45) is 0 Å². The number of anilines is 2. The Morgan fingerprint density at radius 1 is 1.26 bits per heavy atom. The zero-order valence-electron chi connectivity index (χ0n) is 10.2. The molecule has 1 aromatic heterocycles. The molecule has 1 heterocycles. The van der Waals surface area contributed by atoms with Gasteiger partial charge in [0.15, 0.2) is 0 Å². The molecule has 1 aromatic carbocycles. The Morgan fingerprint density at radius 3 is 2.58 bits per heavy atom. The van der Waals surface area contributed by atoms with Gasteiger partial charge >= 0.3 is 0 Å². The molecule has 0 fully saturated rings. The van der Waals surface area contributed by atoms with E-state index in [9.17, 15) is 8.42 Å². The monoisotopic (exact) mass is 299 g/mol. The Labute approximate surface area is 115 Å². The standard InChI is InChI=1S/C10H13N5O2S2/c1-2-7-11-8-3-5-9(6-4-8)19(16,17)13-10-12-14-15-18-10/h3-6,11H,2,7H2,1H3,(H,12,13,15). The molecule has 0 saturated carbocycles. The van der Waals surface area contributed by atoms with E-state index in [0.717, 1.165) is 30.2 Å². The summed E-state index contributed by atoms with van der Waals surface area (Å²) < 4.78 is 29.8. The Hall–Kier alpha value is -1.74. The highest BCUT2D eigenvalue weighted by Gasteiger charge is 2.15. The first-order valence-corrected chi connectivity index (χ1v) is 7.89. The van der Waals surface area contributed by atoms with Crippen LogP contribution in [0.1, 0.15) is 13.3 Å². The van der Waals surface area contributed by atoms with E-state index in [4.69, 9.17) is 0 Å². The molecule has 102 valence electrons. The lowest BCUT2D eigenvalue weighted by Gasteiger charge is -2.07. The summed E-state index contributed by atoms with van der Waals surface area (Å²) in [5, 5.41) is 10.2. The molecule has 0 unspecified atom stereocenters. The van der Waals surface area contributed by atoms with Gasteiger partial charge in [-0.05, 0) is 35.9 Å². The third-order valence-electron chi connectivity index (χ3n) is 2.26. The minimum absolute atomic E-state index is 0.146. The number of benzene rings is 1. The predicted molar refractivity (Wildman–Crippen MR) is 73.7 cm³/mol.